The fourth-order valence-corrected chi connectivity index (χ4v) is 4.05. The van der Waals surface area contributed by atoms with E-state index in [1.807, 2.05) is 13.8 Å². The summed E-state index contributed by atoms with van der Waals surface area (Å²) in [4.78, 5) is 17.0. The van der Waals surface area contributed by atoms with Crippen LogP contribution in [0.1, 0.15) is 47.3 Å². The van der Waals surface area contributed by atoms with Crippen LogP contribution in [0.25, 0.3) is 11.1 Å². The fourth-order valence-electron chi connectivity index (χ4n) is 4.05. The van der Waals surface area contributed by atoms with Gasteiger partial charge in [-0.25, -0.2) is 17.6 Å². The first-order valence-corrected chi connectivity index (χ1v) is 10.3. The molecule has 3 aromatic rings. The lowest BCUT2D eigenvalue weighted by molar-refractivity contribution is 0.0967. The second kappa shape index (κ2) is 8.34. The second-order valence-corrected chi connectivity index (χ2v) is 8.44. The van der Waals surface area contributed by atoms with Crippen molar-refractivity contribution in [3.05, 3.63) is 88.0 Å². The van der Waals surface area contributed by atoms with Crippen LogP contribution in [0, 0.1) is 36.1 Å². The molecule has 1 aliphatic heterocycles. The van der Waals surface area contributed by atoms with E-state index in [2.05, 4.69) is 4.99 Å². The molecule has 2 nitrogen and oxygen atoms in total. The Morgan fingerprint density at radius 3 is 2.12 bits per heavy atom. The molecule has 0 fully saturated rings. The Balaban J connectivity index is 1.82. The predicted octanol–water partition coefficient (Wildman–Crippen LogP) is 7.12. The van der Waals surface area contributed by atoms with E-state index in [1.165, 1.54) is 24.3 Å². The Bertz CT molecular complexity index is 1230. The summed E-state index contributed by atoms with van der Waals surface area (Å²) in [5, 5.41) is 0. The minimum atomic E-state index is -1.50. The van der Waals surface area contributed by atoms with E-state index in [4.69, 9.17) is 0 Å². The number of ketones is 1. The van der Waals surface area contributed by atoms with Crippen LogP contribution < -0.4 is 0 Å². The molecule has 6 heteroatoms. The monoisotopic (exact) mass is 439 g/mol. The Morgan fingerprint density at radius 1 is 0.938 bits per heavy atom. The Labute approximate surface area is 183 Å². The smallest absolute Gasteiger partial charge is 0.171 e. The zero-order valence-corrected chi connectivity index (χ0v) is 17.9. The molecule has 0 amide bonds. The van der Waals surface area contributed by atoms with E-state index in [9.17, 15) is 13.6 Å². The van der Waals surface area contributed by atoms with Gasteiger partial charge in [0.15, 0.2) is 29.1 Å². The third-order valence-corrected chi connectivity index (χ3v) is 5.48. The number of carbonyl (C=O) groups is 1. The van der Waals surface area contributed by atoms with Gasteiger partial charge in [-0.3, -0.25) is 9.79 Å². The number of aliphatic imine (C=N–C) groups is 1. The summed E-state index contributed by atoms with van der Waals surface area (Å²) in [6, 6.07) is 10.8. The molecule has 1 heterocycles. The number of benzene rings is 3. The first-order valence-electron chi connectivity index (χ1n) is 10.3. The van der Waals surface area contributed by atoms with Gasteiger partial charge in [-0.1, -0.05) is 44.2 Å². The number of halogens is 4. The van der Waals surface area contributed by atoms with Gasteiger partial charge in [0.1, 0.15) is 0 Å². The minimum absolute atomic E-state index is 0.0284. The molecule has 3 aromatic carbocycles. The number of Topliss-reactive ketones (excluding diaryl/α,β-unsaturated/α-hetero) is 1. The lowest BCUT2D eigenvalue weighted by Gasteiger charge is -2.13. The maximum Gasteiger partial charge on any atom is 0.171 e. The van der Waals surface area contributed by atoms with Gasteiger partial charge in [0, 0.05) is 18.4 Å². The van der Waals surface area contributed by atoms with Crippen molar-refractivity contribution in [2.24, 2.45) is 10.9 Å². The summed E-state index contributed by atoms with van der Waals surface area (Å²) in [6.45, 7) is 5.62. The first-order chi connectivity index (χ1) is 15.2. The van der Waals surface area contributed by atoms with Crippen LogP contribution in [0.5, 0.6) is 0 Å². The molecular formula is C26H21F4NO. The van der Waals surface area contributed by atoms with Crippen molar-refractivity contribution >= 4 is 17.2 Å². The van der Waals surface area contributed by atoms with Gasteiger partial charge >= 0.3 is 0 Å². The number of carbonyl (C=O) groups excluding carboxylic acids is 1. The topological polar surface area (TPSA) is 29.4 Å². The van der Waals surface area contributed by atoms with Crippen molar-refractivity contribution in [1.82, 2.24) is 0 Å². The number of hydrogen-bond donors (Lipinski definition) is 0. The Kier molecular flexibility index (Phi) is 5.71. The minimum Gasteiger partial charge on any atom is -0.294 e. The van der Waals surface area contributed by atoms with Gasteiger partial charge < -0.3 is 0 Å². The quantitative estimate of drug-likeness (QED) is 0.236. The van der Waals surface area contributed by atoms with Crippen LogP contribution in [-0.2, 0) is 6.42 Å². The number of aryl methyl sites for hydroxylation is 1. The molecule has 1 aliphatic rings. The zero-order valence-electron chi connectivity index (χ0n) is 17.9. The standard InChI is InChI=1S/C26H21F4NO/c1-13(2)9-20(32)17-10-14(3)11-18-16(17)12-19(31-18)22-25(29)23(27)21(24(28)26(22)30)15-7-5-4-6-8-15/h4-8,10-11,13H,9,12H2,1-3H3. The highest BCUT2D eigenvalue weighted by molar-refractivity contribution is 6.10. The third-order valence-electron chi connectivity index (χ3n) is 5.48. The summed E-state index contributed by atoms with van der Waals surface area (Å²) in [7, 11) is 0. The number of nitrogens with zero attached hydrogens (tertiary/aromatic N) is 1. The average Bonchev–Trinajstić information content (AvgIpc) is 3.15. The lowest BCUT2D eigenvalue weighted by Crippen LogP contribution is -2.14. The molecule has 164 valence electrons. The van der Waals surface area contributed by atoms with Crippen molar-refractivity contribution < 1.29 is 22.4 Å². The predicted molar refractivity (Wildman–Crippen MR) is 117 cm³/mol. The highest BCUT2D eigenvalue weighted by atomic mass is 19.2. The van der Waals surface area contributed by atoms with E-state index in [0.717, 1.165) is 5.56 Å². The fraction of sp³-hybridized carbons (Fsp3) is 0.231. The summed E-state index contributed by atoms with van der Waals surface area (Å²) in [5.74, 6) is -5.92. The molecule has 32 heavy (non-hydrogen) atoms. The molecule has 0 saturated heterocycles. The maximum absolute atomic E-state index is 15.0. The number of hydrogen-bond acceptors (Lipinski definition) is 2. The van der Waals surface area contributed by atoms with Crippen LogP contribution >= 0.6 is 0 Å². The molecule has 0 bridgehead atoms. The maximum atomic E-state index is 15.0. The van der Waals surface area contributed by atoms with Crippen LogP contribution in [0.3, 0.4) is 0 Å². The molecule has 0 radical (unpaired) electrons. The largest absolute Gasteiger partial charge is 0.294 e. The van der Waals surface area contributed by atoms with Crippen LogP contribution in [-0.4, -0.2) is 11.5 Å². The lowest BCUT2D eigenvalue weighted by atomic mass is 9.91. The second-order valence-electron chi connectivity index (χ2n) is 8.44. The average molecular weight is 439 g/mol. The van der Waals surface area contributed by atoms with E-state index in [-0.39, 0.29) is 29.4 Å². The van der Waals surface area contributed by atoms with Crippen LogP contribution in [0.2, 0.25) is 0 Å². The van der Waals surface area contributed by atoms with Gasteiger partial charge in [0.2, 0.25) is 0 Å². The van der Waals surface area contributed by atoms with Gasteiger partial charge in [-0.2, -0.15) is 0 Å². The van der Waals surface area contributed by atoms with Gasteiger partial charge in [-0.15, -0.1) is 0 Å². The molecule has 0 N–H and O–H groups in total. The summed E-state index contributed by atoms with van der Waals surface area (Å²) < 4.78 is 59.9. The molecule has 0 aliphatic carbocycles. The molecule has 0 aromatic heterocycles. The van der Waals surface area contributed by atoms with E-state index < -0.39 is 34.4 Å². The summed E-state index contributed by atoms with van der Waals surface area (Å²) in [5.41, 5.74) is 0.382. The highest BCUT2D eigenvalue weighted by Gasteiger charge is 2.32. The molecule has 0 spiro atoms. The van der Waals surface area contributed by atoms with Gasteiger partial charge in [-0.05, 0) is 41.7 Å². The van der Waals surface area contributed by atoms with Crippen molar-refractivity contribution in [3.8, 4) is 11.1 Å². The van der Waals surface area contributed by atoms with Crippen molar-refractivity contribution in [2.45, 2.75) is 33.6 Å². The molecule has 4 rings (SSSR count). The SMILES string of the molecule is Cc1cc2c(c(C(=O)CC(C)C)c1)CC(c1c(F)c(F)c(-c3ccccc3)c(F)c1F)=N2. The van der Waals surface area contributed by atoms with Crippen LogP contribution in [0.15, 0.2) is 47.5 Å². The zero-order chi connectivity index (χ0) is 23.2. The number of rotatable bonds is 5. The number of fused-ring (bicyclic) bond motifs is 1. The molecule has 0 atom stereocenters. The Hall–Kier alpha value is -3.28. The van der Waals surface area contributed by atoms with Crippen molar-refractivity contribution in [1.29, 1.82) is 0 Å². The molecular weight excluding hydrogens is 418 g/mol. The van der Waals surface area contributed by atoms with E-state index in [0.29, 0.717) is 23.2 Å². The van der Waals surface area contributed by atoms with Gasteiger partial charge in [0.05, 0.1) is 22.5 Å². The highest BCUT2D eigenvalue weighted by Crippen LogP contribution is 2.38. The van der Waals surface area contributed by atoms with E-state index >= 15 is 8.78 Å². The Morgan fingerprint density at radius 2 is 1.53 bits per heavy atom. The molecule has 0 saturated carbocycles. The normalized spacial score (nSPS) is 12.8. The van der Waals surface area contributed by atoms with Crippen LogP contribution in [0.4, 0.5) is 23.2 Å². The van der Waals surface area contributed by atoms with E-state index in [1.54, 1.807) is 25.1 Å². The molecule has 0 unspecified atom stereocenters. The first kappa shape index (κ1) is 21.9. The van der Waals surface area contributed by atoms with Gasteiger partial charge in [0.25, 0.3) is 0 Å². The summed E-state index contributed by atoms with van der Waals surface area (Å²) in [6.07, 6.45) is 0.217. The third kappa shape index (κ3) is 3.74. The van der Waals surface area contributed by atoms with Crippen molar-refractivity contribution in [2.75, 3.05) is 0 Å². The summed E-state index contributed by atoms with van der Waals surface area (Å²) >= 11 is 0. The van der Waals surface area contributed by atoms with Crippen molar-refractivity contribution in [3.63, 3.8) is 0 Å².